The molecule has 7 heteroatoms. The molecule has 0 saturated carbocycles. The van der Waals surface area contributed by atoms with Crippen LogP contribution in [0.15, 0.2) is 5.03 Å². The van der Waals surface area contributed by atoms with E-state index in [0.717, 1.165) is 29.3 Å². The Hall–Kier alpha value is -0.820. The molecule has 0 aliphatic carbocycles. The van der Waals surface area contributed by atoms with Gasteiger partial charge in [0.25, 0.3) is 0 Å². The summed E-state index contributed by atoms with van der Waals surface area (Å²) in [5, 5.41) is 0.787. The van der Waals surface area contributed by atoms with Crippen molar-refractivity contribution in [1.82, 2.24) is 9.97 Å². The van der Waals surface area contributed by atoms with E-state index in [2.05, 4.69) is 16.9 Å². The Bertz CT molecular complexity index is 515. The van der Waals surface area contributed by atoms with Gasteiger partial charge in [0.1, 0.15) is 26.5 Å². The highest BCUT2D eigenvalue weighted by Crippen LogP contribution is 2.23. The molecule has 1 aromatic heterocycles. The van der Waals surface area contributed by atoms with Gasteiger partial charge in [0.15, 0.2) is 0 Å². The van der Waals surface area contributed by atoms with Crippen molar-refractivity contribution in [2.24, 2.45) is 0 Å². The summed E-state index contributed by atoms with van der Waals surface area (Å²) in [6.45, 7) is 3.91. The highest BCUT2D eigenvalue weighted by atomic mass is 32.2. The summed E-state index contributed by atoms with van der Waals surface area (Å²) >= 11 is 1.42. The highest BCUT2D eigenvalue weighted by Gasteiger charge is 2.10. The fourth-order valence-corrected chi connectivity index (χ4v) is 3.55. The molecule has 0 atom stereocenters. The van der Waals surface area contributed by atoms with E-state index in [1.165, 1.54) is 18.0 Å². The molecule has 0 amide bonds. The molecule has 0 aliphatic heterocycles. The number of aromatic nitrogens is 2. The fraction of sp³-hybridized carbons (Fsp3) is 0.636. The third-order valence-electron chi connectivity index (χ3n) is 2.35. The molecule has 1 rings (SSSR count). The predicted molar refractivity (Wildman–Crippen MR) is 75.6 cm³/mol. The molecular weight excluding hydrogens is 270 g/mol. The van der Waals surface area contributed by atoms with Crippen molar-refractivity contribution in [1.29, 1.82) is 0 Å². The zero-order valence-corrected chi connectivity index (χ0v) is 12.6. The van der Waals surface area contributed by atoms with Crippen molar-refractivity contribution < 1.29 is 8.42 Å². The van der Waals surface area contributed by atoms with Crippen LogP contribution in [0.3, 0.4) is 0 Å². The van der Waals surface area contributed by atoms with Crippen LogP contribution in [0.25, 0.3) is 0 Å². The largest absolute Gasteiger partial charge is 0.383 e. The van der Waals surface area contributed by atoms with Gasteiger partial charge in [0.2, 0.25) is 0 Å². The van der Waals surface area contributed by atoms with Gasteiger partial charge < -0.3 is 5.73 Å². The second kappa shape index (κ2) is 6.38. The summed E-state index contributed by atoms with van der Waals surface area (Å²) in [5.74, 6) is 1.84. The Labute approximate surface area is 113 Å². The number of hydrogen-bond donors (Lipinski definition) is 1. The number of nitrogens with two attached hydrogens (primary N) is 1. The Morgan fingerprint density at radius 1 is 1.33 bits per heavy atom. The first kappa shape index (κ1) is 15.2. The van der Waals surface area contributed by atoms with E-state index in [4.69, 9.17) is 5.73 Å². The lowest BCUT2D eigenvalue weighted by molar-refractivity contribution is 0.603. The maximum Gasteiger partial charge on any atom is 0.148 e. The van der Waals surface area contributed by atoms with Crippen molar-refractivity contribution in [2.75, 3.05) is 23.5 Å². The zero-order valence-electron chi connectivity index (χ0n) is 10.9. The molecule has 2 N–H and O–H groups in total. The molecule has 0 saturated heterocycles. The van der Waals surface area contributed by atoms with Crippen LogP contribution >= 0.6 is 11.8 Å². The summed E-state index contributed by atoms with van der Waals surface area (Å²) in [4.78, 5) is 8.63. The summed E-state index contributed by atoms with van der Waals surface area (Å²) < 4.78 is 22.1. The molecule has 0 aliphatic rings. The number of aryl methyl sites for hydroxylation is 1. The van der Waals surface area contributed by atoms with E-state index >= 15 is 0 Å². The average molecular weight is 289 g/mol. The van der Waals surface area contributed by atoms with Gasteiger partial charge in [-0.1, -0.05) is 6.92 Å². The maximum atomic E-state index is 11.1. The smallest absolute Gasteiger partial charge is 0.148 e. The highest BCUT2D eigenvalue weighted by molar-refractivity contribution is 8.00. The molecule has 0 bridgehead atoms. The van der Waals surface area contributed by atoms with Gasteiger partial charge in [-0.05, 0) is 13.3 Å². The third-order valence-corrected chi connectivity index (χ3v) is 4.63. The number of hydrogen-bond acceptors (Lipinski definition) is 6. The summed E-state index contributed by atoms with van der Waals surface area (Å²) in [7, 11) is -2.93. The molecule has 5 nitrogen and oxygen atoms in total. The van der Waals surface area contributed by atoms with Crippen molar-refractivity contribution in [3.05, 3.63) is 11.4 Å². The van der Waals surface area contributed by atoms with Gasteiger partial charge in [0, 0.05) is 24.0 Å². The summed E-state index contributed by atoms with van der Waals surface area (Å²) in [5.41, 5.74) is 6.65. The Morgan fingerprint density at radius 2 is 2.00 bits per heavy atom. The van der Waals surface area contributed by atoms with Crippen LogP contribution in [-0.4, -0.2) is 36.1 Å². The minimum atomic E-state index is -2.93. The van der Waals surface area contributed by atoms with Crippen LogP contribution in [-0.2, 0) is 16.3 Å². The summed E-state index contributed by atoms with van der Waals surface area (Å²) in [6, 6.07) is 0. The molecule has 0 fully saturated rings. The normalized spacial score (nSPS) is 11.7. The first-order valence-electron chi connectivity index (χ1n) is 5.77. The Kier molecular flexibility index (Phi) is 5.40. The zero-order chi connectivity index (χ0) is 13.8. The molecular formula is C11H19N3O2S2. The number of rotatable bonds is 6. The van der Waals surface area contributed by atoms with Crippen molar-refractivity contribution in [2.45, 2.75) is 31.7 Å². The lowest BCUT2D eigenvalue weighted by Gasteiger charge is -2.09. The van der Waals surface area contributed by atoms with E-state index in [-0.39, 0.29) is 5.75 Å². The van der Waals surface area contributed by atoms with Gasteiger partial charge in [-0.2, -0.15) is 0 Å². The van der Waals surface area contributed by atoms with Crippen LogP contribution < -0.4 is 5.73 Å². The average Bonchev–Trinajstić information content (AvgIpc) is 2.23. The topological polar surface area (TPSA) is 85.9 Å². The van der Waals surface area contributed by atoms with Gasteiger partial charge >= 0.3 is 0 Å². The first-order valence-corrected chi connectivity index (χ1v) is 8.81. The minimum Gasteiger partial charge on any atom is -0.383 e. The molecule has 1 aromatic rings. The number of thioether (sulfide) groups is 1. The van der Waals surface area contributed by atoms with Crippen LogP contribution in [0.4, 0.5) is 5.82 Å². The third kappa shape index (κ3) is 4.81. The molecule has 0 radical (unpaired) electrons. The molecule has 102 valence electrons. The second-order valence-electron chi connectivity index (χ2n) is 4.18. The minimum absolute atomic E-state index is 0.143. The van der Waals surface area contributed by atoms with E-state index in [9.17, 15) is 8.42 Å². The van der Waals surface area contributed by atoms with E-state index < -0.39 is 9.84 Å². The van der Waals surface area contributed by atoms with E-state index in [1.54, 1.807) is 0 Å². The van der Waals surface area contributed by atoms with Crippen LogP contribution in [0.1, 0.15) is 24.7 Å². The second-order valence-corrected chi connectivity index (χ2v) is 7.53. The Morgan fingerprint density at radius 3 is 2.56 bits per heavy atom. The maximum absolute atomic E-state index is 11.1. The van der Waals surface area contributed by atoms with E-state index in [0.29, 0.717) is 11.6 Å². The first-order chi connectivity index (χ1) is 8.33. The molecule has 0 spiro atoms. The standard InChI is InChI=1S/C11H19N3O2S2/c1-4-5-9-13-10(12)8(2)11(14-9)17-6-7-18(3,15)16/h4-7H2,1-3H3,(H2,12,13,14). The lowest BCUT2D eigenvalue weighted by atomic mass is 10.3. The molecule has 1 heterocycles. The van der Waals surface area contributed by atoms with E-state index in [1.807, 2.05) is 6.92 Å². The Balaban J connectivity index is 2.80. The van der Waals surface area contributed by atoms with Crippen LogP contribution in [0.2, 0.25) is 0 Å². The molecule has 0 aromatic carbocycles. The van der Waals surface area contributed by atoms with Gasteiger partial charge in [-0.15, -0.1) is 11.8 Å². The SMILES string of the molecule is CCCc1nc(N)c(C)c(SCCS(C)(=O)=O)n1. The van der Waals surface area contributed by atoms with Crippen LogP contribution in [0.5, 0.6) is 0 Å². The monoisotopic (exact) mass is 289 g/mol. The van der Waals surface area contributed by atoms with Crippen molar-refractivity contribution in [3.8, 4) is 0 Å². The van der Waals surface area contributed by atoms with Crippen molar-refractivity contribution >= 4 is 27.4 Å². The van der Waals surface area contributed by atoms with Gasteiger partial charge in [-0.25, -0.2) is 18.4 Å². The lowest BCUT2D eigenvalue weighted by Crippen LogP contribution is -2.07. The summed E-state index contributed by atoms with van der Waals surface area (Å²) in [6.07, 6.45) is 2.97. The number of anilines is 1. The molecule has 18 heavy (non-hydrogen) atoms. The molecule has 0 unspecified atom stereocenters. The van der Waals surface area contributed by atoms with Crippen molar-refractivity contribution in [3.63, 3.8) is 0 Å². The predicted octanol–water partition coefficient (Wildman–Crippen LogP) is 1.46. The number of nitrogen functional groups attached to an aromatic ring is 1. The van der Waals surface area contributed by atoms with Gasteiger partial charge in [0.05, 0.1) is 5.75 Å². The van der Waals surface area contributed by atoms with Crippen LogP contribution in [0, 0.1) is 6.92 Å². The quantitative estimate of drug-likeness (QED) is 0.630. The van der Waals surface area contributed by atoms with Gasteiger partial charge in [-0.3, -0.25) is 0 Å². The number of nitrogens with zero attached hydrogens (tertiary/aromatic N) is 2. The fourth-order valence-electron chi connectivity index (χ4n) is 1.32. The number of sulfone groups is 1.